The van der Waals surface area contributed by atoms with E-state index in [9.17, 15) is 18.7 Å². The van der Waals surface area contributed by atoms with E-state index in [1.165, 1.54) is 0 Å². The van der Waals surface area contributed by atoms with E-state index in [2.05, 4.69) is 25.7 Å². The number of hydrogen-bond donors (Lipinski definition) is 1. The van der Waals surface area contributed by atoms with Crippen molar-refractivity contribution in [3.05, 3.63) is 379 Å². The average molecular weight is 1730 g/mol. The maximum absolute atomic E-state index is 15.4. The third-order valence-electron chi connectivity index (χ3n) is 22.1. The van der Waals surface area contributed by atoms with Gasteiger partial charge in [-0.15, -0.1) is 11.6 Å². The van der Waals surface area contributed by atoms with E-state index in [1.807, 2.05) is 252 Å². The van der Waals surface area contributed by atoms with Gasteiger partial charge in [0.25, 0.3) is 0 Å². The molecule has 0 spiro atoms. The number of carbonyl (C=O) groups is 4. The molecule has 0 aromatic heterocycles. The summed E-state index contributed by atoms with van der Waals surface area (Å²) in [5, 5.41) is 4.23. The first-order valence-corrected chi connectivity index (χ1v) is 48.3. The second-order valence-corrected chi connectivity index (χ2v) is 42.0. The number of aryl methyl sites for hydroxylation is 9. The van der Waals surface area contributed by atoms with Crippen LogP contribution in [0.3, 0.4) is 0 Å². The van der Waals surface area contributed by atoms with Crippen LogP contribution in [0.2, 0.25) is 0 Å². The van der Waals surface area contributed by atoms with Crippen LogP contribution in [0.5, 0.6) is 0 Å². The minimum Gasteiger partial charge on any atom is -0.382 e. The minimum absolute atomic E-state index is 0.116. The molecule has 0 fully saturated rings. The molecule has 2 atom stereocenters. The van der Waals surface area contributed by atoms with Crippen LogP contribution in [0.15, 0.2) is 273 Å². The second kappa shape index (κ2) is 44.6. The van der Waals surface area contributed by atoms with E-state index in [0.29, 0.717) is 123 Å². The molecule has 0 bridgehead atoms. The summed E-state index contributed by atoms with van der Waals surface area (Å²) >= 11 is 6.13. The smallest absolute Gasteiger partial charge is 0.230 e. The van der Waals surface area contributed by atoms with Gasteiger partial charge in [-0.3, -0.25) is 24.1 Å². The third-order valence-corrected chi connectivity index (χ3v) is 33.8. The Balaban J connectivity index is 0.000000226. The molecule has 0 saturated carbocycles. The maximum atomic E-state index is 15.4. The highest BCUT2D eigenvalue weighted by Gasteiger charge is 2.43. The van der Waals surface area contributed by atoms with E-state index in [0.717, 1.165) is 83.5 Å². The van der Waals surface area contributed by atoms with Crippen molar-refractivity contribution >= 4 is 105 Å². The largest absolute Gasteiger partial charge is 0.382 e. The summed E-state index contributed by atoms with van der Waals surface area (Å²) in [6.07, 6.45) is 0. The second-order valence-electron chi connectivity index (χ2n) is 31.1. The van der Waals surface area contributed by atoms with E-state index in [4.69, 9.17) is 36.3 Å². The summed E-state index contributed by atoms with van der Waals surface area (Å²) in [6, 6.07) is 82.5. The van der Waals surface area contributed by atoms with E-state index < -0.39 is 39.6 Å². The Hall–Kier alpha value is -9.71. The zero-order valence-corrected chi connectivity index (χ0v) is 77.4. The van der Waals surface area contributed by atoms with E-state index >= 15 is 18.7 Å². The van der Waals surface area contributed by atoms with Crippen molar-refractivity contribution < 1.29 is 56.4 Å². The zero-order chi connectivity index (χ0) is 88.6. The quantitative estimate of drug-likeness (QED) is 0.0237. The number of benzene rings is 12. The molecule has 2 unspecified atom stereocenters. The van der Waals surface area contributed by atoms with Gasteiger partial charge < -0.3 is 42.9 Å². The highest BCUT2D eigenvalue weighted by Crippen LogP contribution is 2.53. The topological polar surface area (TPSA) is 203 Å². The molecule has 0 saturated heterocycles. The first-order chi connectivity index (χ1) is 58.4. The van der Waals surface area contributed by atoms with Gasteiger partial charge in [0.15, 0.2) is 0 Å². The fourth-order valence-electron chi connectivity index (χ4n) is 15.8. The normalized spacial score (nSPS) is 12.1. The van der Waals surface area contributed by atoms with Crippen molar-refractivity contribution in [3.63, 3.8) is 0 Å². The number of alkyl halides is 1. The maximum Gasteiger partial charge on any atom is 0.230 e. The van der Waals surface area contributed by atoms with Gasteiger partial charge >= 0.3 is 0 Å². The SMILES string of the molecule is COCCOCC(C)N.COCCOCC(C)N(Cc1c(C)cc(C)c(C(=O)P(=O)(c2ccccc2)c2ccccc2)c1C)Cc1c(C)cc(C)c(C(=O)P(=O)(c2ccccc2)c2ccccc2)c1C.Cc1cc(C)c(C(=O)P(=O)(c2ccccc2)c2ccccc2)c(C)c1.Cc1cc(C)c(C(=O)P(=O)(c2ccccc2)c2ccccc2)c(C)c1CCl. The van der Waals surface area contributed by atoms with Crippen LogP contribution >= 0.6 is 40.2 Å². The molecule has 0 aliphatic carbocycles. The van der Waals surface area contributed by atoms with Gasteiger partial charge in [-0.2, -0.15) is 0 Å². The number of ether oxygens (including phenoxy) is 4. The lowest BCUT2D eigenvalue weighted by molar-refractivity contribution is 0.0299. The van der Waals surface area contributed by atoms with E-state index in [-0.39, 0.29) is 23.1 Å². The van der Waals surface area contributed by atoms with Crippen molar-refractivity contribution in [2.75, 3.05) is 53.9 Å². The average Bonchev–Trinajstić information content (AvgIpc) is 0.752. The Morgan fingerprint density at radius 3 is 0.779 bits per heavy atom. The van der Waals surface area contributed by atoms with Crippen molar-refractivity contribution in [3.8, 4) is 0 Å². The molecule has 636 valence electrons. The molecule has 14 nitrogen and oxygen atoms in total. The summed E-state index contributed by atoms with van der Waals surface area (Å²) in [7, 11) is -11.2. The van der Waals surface area contributed by atoms with Crippen LogP contribution in [0.25, 0.3) is 0 Å². The van der Waals surface area contributed by atoms with Crippen LogP contribution < -0.4 is 48.2 Å². The number of hydrogen-bond acceptors (Lipinski definition) is 14. The van der Waals surface area contributed by atoms with Crippen molar-refractivity contribution in [1.82, 2.24) is 4.90 Å². The lowest BCUT2D eigenvalue weighted by Crippen LogP contribution is -2.37. The van der Waals surface area contributed by atoms with Gasteiger partial charge in [-0.1, -0.05) is 279 Å². The molecule has 19 heteroatoms. The summed E-state index contributed by atoms with van der Waals surface area (Å²) in [5.74, 6) is 0.319. The van der Waals surface area contributed by atoms with Crippen LogP contribution in [0, 0.1) is 83.1 Å². The van der Waals surface area contributed by atoms with Crippen LogP contribution in [-0.4, -0.2) is 92.9 Å². The van der Waals surface area contributed by atoms with Gasteiger partial charge in [-0.05, 0) is 175 Å². The predicted molar refractivity (Wildman–Crippen MR) is 506 cm³/mol. The van der Waals surface area contributed by atoms with Crippen molar-refractivity contribution in [1.29, 1.82) is 0 Å². The summed E-state index contributed by atoms with van der Waals surface area (Å²) in [5.41, 5.74) is 19.5. The van der Waals surface area contributed by atoms with Gasteiger partial charge in [0.1, 0.15) is 0 Å². The minimum atomic E-state index is -3.79. The van der Waals surface area contributed by atoms with Gasteiger partial charge in [0.05, 0.1) is 39.6 Å². The number of carbonyl (C=O) groups excluding carboxylic acids is 4. The van der Waals surface area contributed by atoms with Crippen LogP contribution in [0.4, 0.5) is 0 Å². The van der Waals surface area contributed by atoms with Crippen molar-refractivity contribution in [2.45, 2.75) is 128 Å². The first-order valence-electron chi connectivity index (χ1n) is 41.0. The van der Waals surface area contributed by atoms with Crippen molar-refractivity contribution in [2.24, 2.45) is 5.73 Å². The molecule has 12 rings (SSSR count). The first kappa shape index (κ1) is 96.1. The molecule has 122 heavy (non-hydrogen) atoms. The molecule has 12 aromatic carbocycles. The molecular weight excluding hydrogens is 1620 g/mol. The molecule has 0 aliphatic rings. The van der Waals surface area contributed by atoms with E-state index in [1.54, 1.807) is 111 Å². The van der Waals surface area contributed by atoms with Gasteiger partial charge in [0.2, 0.25) is 50.7 Å². The Morgan fingerprint density at radius 1 is 0.320 bits per heavy atom. The Kier molecular flexibility index (Phi) is 35.1. The van der Waals surface area contributed by atoms with Crippen LogP contribution in [-0.2, 0) is 56.2 Å². The summed E-state index contributed by atoms with van der Waals surface area (Å²) in [4.78, 5) is 59.7. The monoisotopic (exact) mass is 1730 g/mol. The predicted octanol–water partition coefficient (Wildman–Crippen LogP) is 20.2. The highest BCUT2D eigenvalue weighted by molar-refractivity contribution is 7.95. The summed E-state index contributed by atoms with van der Waals surface area (Å²) in [6.45, 7) is 31.6. The Morgan fingerprint density at radius 2 is 0.541 bits per heavy atom. The lowest BCUT2D eigenvalue weighted by Gasteiger charge is -2.33. The molecule has 2 N–H and O–H groups in total. The number of rotatable bonds is 32. The molecule has 0 aliphatic heterocycles. The van der Waals surface area contributed by atoms with Gasteiger partial charge in [0, 0.05) is 110 Å². The molecular formula is C103H115ClN2O12P4. The third kappa shape index (κ3) is 22.1. The standard InChI is InChI=1S/C52H57NO6P2.C23H22ClO2P.C22H21O2P.C6H15NO2/c1-36-31-38(3)49(51(54)60(56,43-21-13-9-14-22-43)44-23-15-10-16-24-44)41(6)47(36)33-53(40(5)35-59-30-29-58-8)34-48-37(2)32-39(4)50(42(48)7)52(55)61(57,45-25-17-11-18-26-45)46-27-19-12-20-28-46;1-16-14-17(2)22(18(3)21(16)15-24)23(25)27(26,19-10-6-4-7-11-19)20-12-8-5-9-13-20;1-16-14-17(2)21(18(3)15-16)22(23)25(24,19-10-6-4-7-11-19)20-12-8-5-9-13-20;1-6(7)5-9-4-3-8-2/h9-28,31-32,40H,29-30,33-35H2,1-8H3;4-14H,15H2,1-3H3;4-15H,1-3H3;6H,3-5,7H2,1-2H3. The Bertz CT molecular complexity index is 5410. The molecule has 0 amide bonds. The Labute approximate surface area is 727 Å². The fourth-order valence-corrected chi connectivity index (χ4v) is 26.7. The molecule has 0 heterocycles. The summed E-state index contributed by atoms with van der Waals surface area (Å²) < 4.78 is 80.4. The molecule has 0 radical (unpaired) electrons. The zero-order valence-electron chi connectivity index (χ0n) is 73.1. The fraction of sp³-hybridized carbons (Fsp3) is 0.262. The number of methoxy groups -OCH3 is 2. The number of nitrogens with zero attached hydrogens (tertiary/aromatic N) is 1. The lowest BCUT2D eigenvalue weighted by atomic mass is 9.91. The number of halogens is 1. The highest BCUT2D eigenvalue weighted by atomic mass is 35.5. The number of nitrogens with two attached hydrogens (primary N) is 1. The van der Waals surface area contributed by atoms with Crippen LogP contribution in [0.1, 0.15) is 139 Å². The molecule has 12 aromatic rings. The van der Waals surface area contributed by atoms with Gasteiger partial charge in [-0.25, -0.2) is 0 Å².